The molecule has 37 heavy (non-hydrogen) atoms. The van der Waals surface area contributed by atoms with Gasteiger partial charge < -0.3 is 20.3 Å². The van der Waals surface area contributed by atoms with E-state index in [9.17, 15) is 14.4 Å². The second-order valence-corrected chi connectivity index (χ2v) is 11.7. The lowest BCUT2D eigenvalue weighted by atomic mass is 10.1. The molecule has 0 saturated heterocycles. The number of thiophene rings is 2. The molecule has 8 nitrogen and oxygen atoms in total. The van der Waals surface area contributed by atoms with Crippen LogP contribution in [0.1, 0.15) is 60.1 Å². The summed E-state index contributed by atoms with van der Waals surface area (Å²) in [7, 11) is 0. The van der Waals surface area contributed by atoms with Crippen LogP contribution in [0.5, 0.6) is 0 Å². The molecular formula is C27H34N4O4S2. The number of carbonyl (C=O) groups is 3. The van der Waals surface area contributed by atoms with E-state index in [1.54, 1.807) is 45.9 Å². The lowest BCUT2D eigenvalue weighted by Gasteiger charge is -2.28. The highest BCUT2D eigenvalue weighted by molar-refractivity contribution is 7.10. The van der Waals surface area contributed by atoms with Crippen LogP contribution in [-0.2, 0) is 22.6 Å². The molecule has 0 fully saturated rings. The maximum atomic E-state index is 13.7. The number of nitrogens with zero attached hydrogens (tertiary/aromatic N) is 2. The Morgan fingerprint density at radius 1 is 1.00 bits per heavy atom. The van der Waals surface area contributed by atoms with Crippen molar-refractivity contribution >= 4 is 40.6 Å². The average molecular weight is 543 g/mol. The van der Waals surface area contributed by atoms with Crippen LogP contribution in [0.4, 0.5) is 4.79 Å². The third-order valence-electron chi connectivity index (χ3n) is 5.27. The molecule has 2 N–H and O–H groups in total. The average Bonchev–Trinajstić information content (AvgIpc) is 3.56. The van der Waals surface area contributed by atoms with Crippen molar-refractivity contribution in [2.75, 3.05) is 6.54 Å². The van der Waals surface area contributed by atoms with Crippen molar-refractivity contribution in [3.63, 3.8) is 0 Å². The summed E-state index contributed by atoms with van der Waals surface area (Å²) in [5.74, 6) is -0.426. The van der Waals surface area contributed by atoms with Gasteiger partial charge in [-0.15, -0.1) is 22.7 Å². The number of carbonyl (C=O) groups excluding carboxylic acids is 3. The summed E-state index contributed by atoms with van der Waals surface area (Å²) in [6, 6.07) is 11.3. The zero-order valence-electron chi connectivity index (χ0n) is 21.4. The molecule has 3 aromatic rings. The summed E-state index contributed by atoms with van der Waals surface area (Å²) < 4.78 is 5.67. The number of hydrogen-bond acceptors (Lipinski definition) is 7. The van der Waals surface area contributed by atoms with Gasteiger partial charge in [-0.25, -0.2) is 4.79 Å². The predicted octanol–water partition coefficient (Wildman–Crippen LogP) is 5.23. The largest absolute Gasteiger partial charge is 0.436 e. The molecule has 0 saturated carbocycles. The van der Waals surface area contributed by atoms with Crippen LogP contribution in [-0.4, -0.2) is 46.0 Å². The quantitative estimate of drug-likeness (QED) is 0.305. The minimum atomic E-state index is -0.934. The molecule has 0 spiro atoms. The maximum absolute atomic E-state index is 13.7. The van der Waals surface area contributed by atoms with E-state index in [2.05, 4.69) is 15.6 Å². The lowest BCUT2D eigenvalue weighted by Crippen LogP contribution is -2.46. The topological polar surface area (TPSA) is 101 Å². The van der Waals surface area contributed by atoms with E-state index >= 15 is 0 Å². The Hall–Kier alpha value is -3.24. The summed E-state index contributed by atoms with van der Waals surface area (Å²) in [5.41, 5.74) is 0.00468. The van der Waals surface area contributed by atoms with Gasteiger partial charge in [0.1, 0.15) is 0 Å². The van der Waals surface area contributed by atoms with Crippen molar-refractivity contribution < 1.29 is 19.1 Å². The molecule has 0 aliphatic rings. The summed E-state index contributed by atoms with van der Waals surface area (Å²) in [6.07, 6.45) is 3.16. The highest BCUT2D eigenvalue weighted by Gasteiger charge is 2.29. The van der Waals surface area contributed by atoms with Gasteiger partial charge in [0.15, 0.2) is 6.10 Å². The second-order valence-electron chi connectivity index (χ2n) is 9.62. The van der Waals surface area contributed by atoms with Gasteiger partial charge in [0.2, 0.25) is 0 Å². The van der Waals surface area contributed by atoms with Gasteiger partial charge in [0.25, 0.3) is 11.8 Å². The van der Waals surface area contributed by atoms with Crippen LogP contribution < -0.4 is 10.6 Å². The molecule has 0 unspecified atom stereocenters. The summed E-state index contributed by atoms with van der Waals surface area (Å²) in [6.45, 7) is 6.89. The smallest absolute Gasteiger partial charge is 0.408 e. The van der Waals surface area contributed by atoms with E-state index < -0.39 is 17.7 Å². The fourth-order valence-electron chi connectivity index (χ4n) is 3.55. The van der Waals surface area contributed by atoms with E-state index in [1.807, 2.05) is 55.8 Å². The first-order valence-electron chi connectivity index (χ1n) is 12.2. The first kappa shape index (κ1) is 28.3. The Balaban J connectivity index is 1.64. The Kier molecular flexibility index (Phi) is 10.6. The molecule has 0 aliphatic heterocycles. The van der Waals surface area contributed by atoms with Crippen LogP contribution in [0.2, 0.25) is 0 Å². The predicted molar refractivity (Wildman–Crippen MR) is 146 cm³/mol. The van der Waals surface area contributed by atoms with E-state index in [-0.39, 0.29) is 11.8 Å². The van der Waals surface area contributed by atoms with E-state index in [1.165, 1.54) is 6.20 Å². The number of aromatic nitrogens is 1. The molecule has 3 aromatic heterocycles. The molecule has 0 aliphatic carbocycles. The normalized spacial score (nSPS) is 12.0. The first-order valence-corrected chi connectivity index (χ1v) is 14.0. The van der Waals surface area contributed by atoms with E-state index in [4.69, 9.17) is 4.74 Å². The fourth-order valence-corrected chi connectivity index (χ4v) is 4.99. The zero-order valence-corrected chi connectivity index (χ0v) is 23.1. The number of nitrogens with one attached hydrogen (secondary N) is 2. The van der Waals surface area contributed by atoms with Gasteiger partial charge in [-0.1, -0.05) is 12.1 Å². The minimum absolute atomic E-state index is 0.195. The molecule has 0 bridgehead atoms. The molecule has 0 radical (unpaired) electrons. The highest BCUT2D eigenvalue weighted by Crippen LogP contribution is 2.20. The number of amides is 3. The van der Waals surface area contributed by atoms with Gasteiger partial charge in [0.05, 0.1) is 18.7 Å². The van der Waals surface area contributed by atoms with Crippen molar-refractivity contribution in [3.05, 3.63) is 74.9 Å². The molecule has 198 valence electrons. The minimum Gasteiger partial charge on any atom is -0.436 e. The SMILES string of the molecule is CC(C)(C)NC(=O)O[C@@H](CCCCNC(=O)c1cccnc1)C(=O)N(Cc1cccs1)Cc1cccs1. The molecule has 10 heteroatoms. The second kappa shape index (κ2) is 13.9. The third-order valence-corrected chi connectivity index (χ3v) is 6.99. The third kappa shape index (κ3) is 9.97. The van der Waals surface area contributed by atoms with Crippen molar-refractivity contribution in [2.45, 2.75) is 64.8 Å². The number of unbranched alkanes of at least 4 members (excludes halogenated alkanes) is 1. The van der Waals surface area contributed by atoms with Crippen LogP contribution >= 0.6 is 22.7 Å². The van der Waals surface area contributed by atoms with Gasteiger partial charge in [-0.3, -0.25) is 14.6 Å². The van der Waals surface area contributed by atoms with Gasteiger partial charge in [0, 0.05) is 34.2 Å². The molecular weight excluding hydrogens is 508 g/mol. The van der Waals surface area contributed by atoms with Crippen molar-refractivity contribution in [1.29, 1.82) is 0 Å². The van der Waals surface area contributed by atoms with Gasteiger partial charge in [-0.2, -0.15) is 0 Å². The molecule has 3 heterocycles. The number of alkyl carbamates (subject to hydrolysis) is 1. The fraction of sp³-hybridized carbons (Fsp3) is 0.407. The Morgan fingerprint density at radius 3 is 2.22 bits per heavy atom. The van der Waals surface area contributed by atoms with E-state index in [0.717, 1.165) is 9.75 Å². The van der Waals surface area contributed by atoms with Gasteiger partial charge >= 0.3 is 6.09 Å². The maximum Gasteiger partial charge on any atom is 0.408 e. The number of hydrogen-bond donors (Lipinski definition) is 2. The summed E-state index contributed by atoms with van der Waals surface area (Å²) in [4.78, 5) is 46.4. The van der Waals surface area contributed by atoms with Crippen molar-refractivity contribution in [1.82, 2.24) is 20.5 Å². The molecule has 3 amide bonds. The summed E-state index contributed by atoms with van der Waals surface area (Å²) >= 11 is 3.17. The Bertz CT molecular complexity index is 1080. The van der Waals surface area contributed by atoms with E-state index in [0.29, 0.717) is 44.5 Å². The zero-order chi connectivity index (χ0) is 26.7. The standard InChI is InChI=1S/C27H34N4O4S2/c1-27(2,3)30-26(34)35-23(12-4-5-14-29-24(32)20-9-6-13-28-17-20)25(33)31(18-21-10-7-15-36-21)19-22-11-8-16-37-22/h6-11,13,15-17,23H,4-5,12,14,18-19H2,1-3H3,(H,29,32)(H,30,34)/t23-/m0/s1. The highest BCUT2D eigenvalue weighted by atomic mass is 32.1. The lowest BCUT2D eigenvalue weighted by molar-refractivity contribution is -0.142. The first-order chi connectivity index (χ1) is 17.7. The van der Waals surface area contributed by atoms with Crippen LogP contribution in [0, 0.1) is 0 Å². The Labute approximate surface area is 226 Å². The van der Waals surface area contributed by atoms with Crippen LogP contribution in [0.25, 0.3) is 0 Å². The monoisotopic (exact) mass is 542 g/mol. The molecule has 1 atom stereocenters. The number of ether oxygens (including phenoxy) is 1. The molecule has 3 rings (SSSR count). The van der Waals surface area contributed by atoms with Crippen LogP contribution in [0.15, 0.2) is 59.6 Å². The summed E-state index contributed by atoms with van der Waals surface area (Å²) in [5, 5.41) is 9.60. The molecule has 0 aromatic carbocycles. The van der Waals surface area contributed by atoms with Gasteiger partial charge in [-0.05, 0) is 75.1 Å². The number of pyridine rings is 1. The van der Waals surface area contributed by atoms with Crippen molar-refractivity contribution in [2.24, 2.45) is 0 Å². The van der Waals surface area contributed by atoms with Crippen LogP contribution in [0.3, 0.4) is 0 Å². The van der Waals surface area contributed by atoms with Crippen molar-refractivity contribution in [3.8, 4) is 0 Å². The number of rotatable bonds is 12. The Morgan fingerprint density at radius 2 is 1.68 bits per heavy atom.